The van der Waals surface area contributed by atoms with Crippen molar-refractivity contribution >= 4 is 17.2 Å². The van der Waals surface area contributed by atoms with Crippen LogP contribution in [0.25, 0.3) is 5.69 Å². The first-order valence-corrected chi connectivity index (χ1v) is 7.42. The van der Waals surface area contributed by atoms with Crippen LogP contribution in [0, 0.1) is 6.92 Å². The smallest absolute Gasteiger partial charge is 0.387 e. The van der Waals surface area contributed by atoms with Crippen LogP contribution in [0.1, 0.15) is 5.69 Å². The molecule has 0 atom stereocenters. The third-order valence-corrected chi connectivity index (χ3v) is 3.40. The standard InChI is InChI=1S/C17H15F2N5O/c1-11-15(16(20)24(23-11)12-7-3-2-4-8-12)22-21-13-9-5-6-10-14(13)25-17(18)19/h2-10,17H,20H2,1H3. The van der Waals surface area contributed by atoms with Crippen molar-refractivity contribution < 1.29 is 13.5 Å². The van der Waals surface area contributed by atoms with Crippen molar-refractivity contribution in [2.24, 2.45) is 10.2 Å². The van der Waals surface area contributed by atoms with E-state index in [4.69, 9.17) is 5.73 Å². The number of para-hydroxylation sites is 2. The molecule has 0 amide bonds. The SMILES string of the molecule is Cc1nn(-c2ccccc2)c(N)c1N=Nc1ccccc1OC(F)F. The summed E-state index contributed by atoms with van der Waals surface area (Å²) < 4.78 is 30.9. The molecule has 1 heterocycles. The van der Waals surface area contributed by atoms with Crippen molar-refractivity contribution in [3.05, 3.63) is 60.3 Å². The van der Waals surface area contributed by atoms with Gasteiger partial charge in [0.05, 0.1) is 11.4 Å². The van der Waals surface area contributed by atoms with Gasteiger partial charge in [-0.1, -0.05) is 30.3 Å². The van der Waals surface area contributed by atoms with Gasteiger partial charge in [-0.05, 0) is 31.2 Å². The lowest BCUT2D eigenvalue weighted by molar-refractivity contribution is -0.0494. The van der Waals surface area contributed by atoms with Crippen LogP contribution in [0.4, 0.5) is 26.0 Å². The first kappa shape index (κ1) is 16.6. The zero-order valence-corrected chi connectivity index (χ0v) is 13.3. The molecule has 25 heavy (non-hydrogen) atoms. The Balaban J connectivity index is 1.94. The van der Waals surface area contributed by atoms with Gasteiger partial charge < -0.3 is 10.5 Å². The maximum Gasteiger partial charge on any atom is 0.387 e. The summed E-state index contributed by atoms with van der Waals surface area (Å²) in [6.45, 7) is -1.20. The van der Waals surface area contributed by atoms with Crippen molar-refractivity contribution in [3.8, 4) is 11.4 Å². The van der Waals surface area contributed by atoms with Crippen LogP contribution in [0.5, 0.6) is 5.75 Å². The molecule has 8 heteroatoms. The molecule has 0 fully saturated rings. The van der Waals surface area contributed by atoms with Crippen LogP contribution in [-0.4, -0.2) is 16.4 Å². The Morgan fingerprint density at radius 2 is 1.72 bits per heavy atom. The first-order valence-electron chi connectivity index (χ1n) is 7.42. The van der Waals surface area contributed by atoms with Crippen molar-refractivity contribution in [1.82, 2.24) is 9.78 Å². The van der Waals surface area contributed by atoms with Gasteiger partial charge in [0.1, 0.15) is 5.69 Å². The highest BCUT2D eigenvalue weighted by molar-refractivity contribution is 5.64. The van der Waals surface area contributed by atoms with Gasteiger partial charge in [-0.15, -0.1) is 10.2 Å². The van der Waals surface area contributed by atoms with E-state index in [0.29, 0.717) is 17.2 Å². The number of hydrogen-bond donors (Lipinski definition) is 1. The number of aryl methyl sites for hydroxylation is 1. The average molecular weight is 343 g/mol. The number of halogens is 2. The molecule has 0 aliphatic carbocycles. The Kier molecular flexibility index (Phi) is 4.69. The molecule has 0 radical (unpaired) electrons. The second-order valence-corrected chi connectivity index (χ2v) is 5.11. The number of nitrogens with two attached hydrogens (primary N) is 1. The van der Waals surface area contributed by atoms with Crippen molar-refractivity contribution in [3.63, 3.8) is 0 Å². The van der Waals surface area contributed by atoms with Gasteiger partial charge >= 0.3 is 6.61 Å². The highest BCUT2D eigenvalue weighted by Gasteiger charge is 2.14. The Bertz CT molecular complexity index is 893. The molecule has 6 nitrogen and oxygen atoms in total. The van der Waals surface area contributed by atoms with Crippen LogP contribution >= 0.6 is 0 Å². The zero-order valence-electron chi connectivity index (χ0n) is 13.3. The van der Waals surface area contributed by atoms with Crippen molar-refractivity contribution in [2.45, 2.75) is 13.5 Å². The number of benzene rings is 2. The third-order valence-electron chi connectivity index (χ3n) is 3.40. The fraction of sp³-hybridized carbons (Fsp3) is 0.118. The number of anilines is 1. The summed E-state index contributed by atoms with van der Waals surface area (Å²) >= 11 is 0. The number of rotatable bonds is 5. The minimum Gasteiger partial charge on any atom is -0.432 e. The minimum absolute atomic E-state index is 0.0621. The lowest BCUT2D eigenvalue weighted by Gasteiger charge is -2.06. The molecule has 2 aromatic carbocycles. The average Bonchev–Trinajstić information content (AvgIpc) is 2.89. The van der Waals surface area contributed by atoms with E-state index >= 15 is 0 Å². The van der Waals surface area contributed by atoms with Crippen LogP contribution < -0.4 is 10.5 Å². The number of nitrogens with zero attached hydrogens (tertiary/aromatic N) is 4. The Labute approximate surface area is 142 Å². The van der Waals surface area contributed by atoms with Gasteiger partial charge in [-0.25, -0.2) is 4.68 Å². The van der Waals surface area contributed by atoms with E-state index in [0.717, 1.165) is 5.69 Å². The van der Waals surface area contributed by atoms with Gasteiger partial charge in [0.15, 0.2) is 17.3 Å². The van der Waals surface area contributed by atoms with E-state index in [1.165, 1.54) is 12.1 Å². The van der Waals surface area contributed by atoms with Gasteiger partial charge in [0.2, 0.25) is 0 Å². The van der Waals surface area contributed by atoms with E-state index in [-0.39, 0.29) is 11.4 Å². The molecule has 0 aliphatic heterocycles. The van der Waals surface area contributed by atoms with Gasteiger partial charge in [0, 0.05) is 0 Å². The minimum atomic E-state index is -2.94. The third kappa shape index (κ3) is 3.63. The van der Waals surface area contributed by atoms with E-state index in [1.807, 2.05) is 30.3 Å². The summed E-state index contributed by atoms with van der Waals surface area (Å²) in [5.74, 6) is 0.243. The molecule has 2 N–H and O–H groups in total. The number of alkyl halides is 2. The topological polar surface area (TPSA) is 77.8 Å². The number of ether oxygens (including phenoxy) is 1. The molecule has 128 valence electrons. The number of nitrogen functional groups attached to an aromatic ring is 1. The lowest BCUT2D eigenvalue weighted by Crippen LogP contribution is -2.01. The predicted molar refractivity (Wildman–Crippen MR) is 90.0 cm³/mol. The quantitative estimate of drug-likeness (QED) is 0.677. The molecule has 0 saturated heterocycles. The van der Waals surface area contributed by atoms with Gasteiger partial charge in [-0.2, -0.15) is 13.9 Å². The van der Waals surface area contributed by atoms with E-state index in [9.17, 15) is 8.78 Å². The summed E-state index contributed by atoms with van der Waals surface area (Å²) in [6, 6.07) is 15.5. The Morgan fingerprint density at radius 1 is 1.04 bits per heavy atom. The summed E-state index contributed by atoms with van der Waals surface area (Å²) in [6.07, 6.45) is 0. The van der Waals surface area contributed by atoms with E-state index in [2.05, 4.69) is 20.1 Å². The number of azo groups is 1. The van der Waals surface area contributed by atoms with Crippen molar-refractivity contribution in [1.29, 1.82) is 0 Å². The molecule has 0 unspecified atom stereocenters. The normalized spacial score (nSPS) is 11.4. The van der Waals surface area contributed by atoms with Crippen LogP contribution in [-0.2, 0) is 0 Å². The Hall–Kier alpha value is -3.29. The van der Waals surface area contributed by atoms with Crippen LogP contribution in [0.2, 0.25) is 0 Å². The second-order valence-electron chi connectivity index (χ2n) is 5.11. The molecule has 3 aromatic rings. The fourth-order valence-corrected chi connectivity index (χ4v) is 2.27. The van der Waals surface area contributed by atoms with Crippen LogP contribution in [0.3, 0.4) is 0 Å². The molecule has 1 aromatic heterocycles. The lowest BCUT2D eigenvalue weighted by atomic mass is 10.3. The maximum absolute atomic E-state index is 12.5. The zero-order chi connectivity index (χ0) is 17.8. The summed E-state index contributed by atoms with van der Waals surface area (Å²) in [4.78, 5) is 0. The van der Waals surface area contributed by atoms with Crippen molar-refractivity contribution in [2.75, 3.05) is 5.73 Å². The monoisotopic (exact) mass is 343 g/mol. The molecular formula is C17H15F2N5O. The van der Waals surface area contributed by atoms with Gasteiger partial charge in [-0.3, -0.25) is 0 Å². The largest absolute Gasteiger partial charge is 0.432 e. The summed E-state index contributed by atoms with van der Waals surface area (Å²) in [5.41, 5.74) is 8.01. The fourth-order valence-electron chi connectivity index (χ4n) is 2.27. The summed E-state index contributed by atoms with van der Waals surface area (Å²) in [5, 5.41) is 12.4. The van der Waals surface area contributed by atoms with E-state index < -0.39 is 6.61 Å². The summed E-state index contributed by atoms with van der Waals surface area (Å²) in [7, 11) is 0. The Morgan fingerprint density at radius 3 is 2.44 bits per heavy atom. The maximum atomic E-state index is 12.5. The molecule has 0 spiro atoms. The molecule has 0 saturated carbocycles. The molecule has 0 bridgehead atoms. The van der Waals surface area contributed by atoms with E-state index in [1.54, 1.807) is 23.7 Å². The second kappa shape index (κ2) is 7.08. The number of hydrogen-bond acceptors (Lipinski definition) is 5. The first-order chi connectivity index (χ1) is 12.1. The highest BCUT2D eigenvalue weighted by atomic mass is 19.3. The molecular weight excluding hydrogens is 328 g/mol. The predicted octanol–water partition coefficient (Wildman–Crippen LogP) is 4.78. The molecule has 0 aliphatic rings. The van der Waals surface area contributed by atoms with Crippen LogP contribution in [0.15, 0.2) is 64.8 Å². The van der Waals surface area contributed by atoms with Gasteiger partial charge in [0.25, 0.3) is 0 Å². The highest BCUT2D eigenvalue weighted by Crippen LogP contribution is 2.33. The molecule has 3 rings (SSSR count). The number of aromatic nitrogens is 2.